The minimum Gasteiger partial charge on any atom is -0.321 e. The number of benzene rings is 1. The number of nitrogens with two attached hydrogens (primary N) is 1. The van der Waals surface area contributed by atoms with Crippen LogP contribution in [0.1, 0.15) is 44.2 Å². The molecule has 0 amide bonds. The lowest BCUT2D eigenvalue weighted by Gasteiger charge is -2.27. The van der Waals surface area contributed by atoms with E-state index in [1.807, 2.05) is 12.1 Å². The second kappa shape index (κ2) is 3.56. The Labute approximate surface area is 96.9 Å². The van der Waals surface area contributed by atoms with Crippen molar-refractivity contribution >= 4 is 0 Å². The van der Waals surface area contributed by atoms with Crippen LogP contribution >= 0.6 is 0 Å². The summed E-state index contributed by atoms with van der Waals surface area (Å²) in [4.78, 5) is 0. The van der Waals surface area contributed by atoms with E-state index in [0.29, 0.717) is 11.0 Å². The molecule has 1 fully saturated rings. The number of hydrogen-bond acceptors (Lipinski definition) is 1. The second-order valence-corrected chi connectivity index (χ2v) is 5.96. The minimum atomic E-state index is -0.262. The smallest absolute Gasteiger partial charge is 0.126 e. The molecule has 0 aliphatic heterocycles. The Morgan fingerprint density at radius 3 is 2.44 bits per heavy atom. The molecular formula is C14H20FN. The minimum absolute atomic E-state index is 0.149. The first kappa shape index (κ1) is 11.6. The van der Waals surface area contributed by atoms with Gasteiger partial charge in [-0.25, -0.2) is 4.39 Å². The Balaban J connectivity index is 2.34. The standard InChI is InChI=1S/C14H20FN/c1-10-8-11(4-5-12(10)15)14(16)7-6-13(2,3)9-14/h4-5,8H,6-7,9,16H2,1-3H3. The lowest BCUT2D eigenvalue weighted by molar-refractivity contribution is 0.339. The first-order chi connectivity index (χ1) is 7.32. The average Bonchev–Trinajstić information content (AvgIpc) is 2.47. The zero-order valence-electron chi connectivity index (χ0n) is 10.3. The SMILES string of the molecule is Cc1cc(C2(N)CCC(C)(C)C2)ccc1F. The molecule has 88 valence electrons. The maximum Gasteiger partial charge on any atom is 0.126 e. The van der Waals surface area contributed by atoms with Crippen LogP contribution in [0.4, 0.5) is 4.39 Å². The van der Waals surface area contributed by atoms with Crippen molar-refractivity contribution in [1.29, 1.82) is 0 Å². The van der Waals surface area contributed by atoms with E-state index >= 15 is 0 Å². The molecule has 0 radical (unpaired) electrons. The largest absolute Gasteiger partial charge is 0.321 e. The molecular weight excluding hydrogens is 201 g/mol. The van der Waals surface area contributed by atoms with Gasteiger partial charge in [-0.15, -0.1) is 0 Å². The van der Waals surface area contributed by atoms with Crippen molar-refractivity contribution in [3.63, 3.8) is 0 Å². The normalized spacial score (nSPS) is 28.3. The summed E-state index contributed by atoms with van der Waals surface area (Å²) < 4.78 is 13.2. The van der Waals surface area contributed by atoms with Crippen LogP contribution in [-0.4, -0.2) is 0 Å². The van der Waals surface area contributed by atoms with Gasteiger partial charge in [-0.05, 0) is 48.8 Å². The summed E-state index contributed by atoms with van der Waals surface area (Å²) in [6.07, 6.45) is 3.11. The van der Waals surface area contributed by atoms with Crippen LogP contribution in [0.25, 0.3) is 0 Å². The van der Waals surface area contributed by atoms with Gasteiger partial charge in [0, 0.05) is 5.54 Å². The Morgan fingerprint density at radius 1 is 1.25 bits per heavy atom. The maximum atomic E-state index is 13.2. The van der Waals surface area contributed by atoms with Crippen molar-refractivity contribution in [2.45, 2.75) is 45.6 Å². The van der Waals surface area contributed by atoms with Gasteiger partial charge >= 0.3 is 0 Å². The van der Waals surface area contributed by atoms with Gasteiger partial charge in [0.05, 0.1) is 0 Å². The zero-order chi connectivity index (χ0) is 12.0. The molecule has 1 aliphatic carbocycles. The highest BCUT2D eigenvalue weighted by molar-refractivity contribution is 5.31. The molecule has 1 aliphatic rings. The van der Waals surface area contributed by atoms with E-state index in [0.717, 1.165) is 24.8 Å². The van der Waals surface area contributed by atoms with Crippen LogP contribution in [0, 0.1) is 18.2 Å². The van der Waals surface area contributed by atoms with Gasteiger partial charge in [0.25, 0.3) is 0 Å². The van der Waals surface area contributed by atoms with E-state index in [2.05, 4.69) is 13.8 Å². The summed E-state index contributed by atoms with van der Waals surface area (Å²) in [5.74, 6) is -0.149. The van der Waals surface area contributed by atoms with E-state index in [4.69, 9.17) is 5.73 Å². The summed E-state index contributed by atoms with van der Waals surface area (Å²) in [6.45, 7) is 6.29. The highest BCUT2D eigenvalue weighted by Crippen LogP contribution is 2.47. The molecule has 0 saturated heterocycles. The summed E-state index contributed by atoms with van der Waals surface area (Å²) in [5, 5.41) is 0. The molecule has 1 atom stereocenters. The Hall–Kier alpha value is -0.890. The predicted octanol–water partition coefficient (Wildman–Crippen LogP) is 3.50. The number of halogens is 1. The van der Waals surface area contributed by atoms with Crippen LogP contribution in [0.5, 0.6) is 0 Å². The molecule has 16 heavy (non-hydrogen) atoms. The fourth-order valence-electron chi connectivity index (χ4n) is 2.79. The fraction of sp³-hybridized carbons (Fsp3) is 0.571. The lowest BCUT2D eigenvalue weighted by Crippen LogP contribution is -2.34. The highest BCUT2D eigenvalue weighted by Gasteiger charge is 2.41. The van der Waals surface area contributed by atoms with Crippen LogP contribution in [0.2, 0.25) is 0 Å². The molecule has 1 saturated carbocycles. The molecule has 2 rings (SSSR count). The summed E-state index contributed by atoms with van der Waals surface area (Å²) in [5.41, 5.74) is 8.26. The van der Waals surface area contributed by atoms with Crippen LogP contribution < -0.4 is 5.73 Å². The highest BCUT2D eigenvalue weighted by atomic mass is 19.1. The van der Waals surface area contributed by atoms with Gasteiger partial charge in [-0.3, -0.25) is 0 Å². The van der Waals surface area contributed by atoms with Gasteiger partial charge in [-0.2, -0.15) is 0 Å². The number of rotatable bonds is 1. The number of aryl methyl sites for hydroxylation is 1. The van der Waals surface area contributed by atoms with E-state index in [1.54, 1.807) is 6.92 Å². The van der Waals surface area contributed by atoms with Crippen molar-refractivity contribution in [3.05, 3.63) is 35.1 Å². The summed E-state index contributed by atoms with van der Waals surface area (Å²) in [7, 11) is 0. The van der Waals surface area contributed by atoms with Gasteiger partial charge in [0.1, 0.15) is 5.82 Å². The molecule has 0 aromatic heterocycles. The quantitative estimate of drug-likeness (QED) is 0.771. The van der Waals surface area contributed by atoms with Crippen LogP contribution in [0.15, 0.2) is 18.2 Å². The molecule has 1 aromatic carbocycles. The molecule has 0 spiro atoms. The van der Waals surface area contributed by atoms with Gasteiger partial charge < -0.3 is 5.73 Å². The molecule has 2 heteroatoms. The second-order valence-electron chi connectivity index (χ2n) is 5.96. The van der Waals surface area contributed by atoms with Crippen molar-refractivity contribution in [1.82, 2.24) is 0 Å². The van der Waals surface area contributed by atoms with Gasteiger partial charge in [0.2, 0.25) is 0 Å². The van der Waals surface area contributed by atoms with Crippen molar-refractivity contribution in [2.24, 2.45) is 11.1 Å². The monoisotopic (exact) mass is 221 g/mol. The summed E-state index contributed by atoms with van der Waals surface area (Å²) in [6, 6.07) is 5.27. The van der Waals surface area contributed by atoms with Crippen LogP contribution in [0.3, 0.4) is 0 Å². The first-order valence-corrected chi connectivity index (χ1v) is 5.88. The van der Waals surface area contributed by atoms with E-state index in [-0.39, 0.29) is 11.4 Å². The maximum absolute atomic E-state index is 13.2. The fourth-order valence-corrected chi connectivity index (χ4v) is 2.79. The Morgan fingerprint density at radius 2 is 1.94 bits per heavy atom. The van der Waals surface area contributed by atoms with Crippen molar-refractivity contribution < 1.29 is 4.39 Å². The first-order valence-electron chi connectivity index (χ1n) is 5.88. The molecule has 1 aromatic rings. The molecule has 0 heterocycles. The van der Waals surface area contributed by atoms with Crippen molar-refractivity contribution in [2.75, 3.05) is 0 Å². The van der Waals surface area contributed by atoms with Crippen LogP contribution in [-0.2, 0) is 5.54 Å². The lowest BCUT2D eigenvalue weighted by atomic mass is 9.83. The third kappa shape index (κ3) is 1.99. The summed E-state index contributed by atoms with van der Waals surface area (Å²) >= 11 is 0. The third-order valence-electron chi connectivity index (χ3n) is 3.77. The van der Waals surface area contributed by atoms with Gasteiger partial charge in [0.15, 0.2) is 0 Å². The zero-order valence-corrected chi connectivity index (χ0v) is 10.3. The Kier molecular flexibility index (Phi) is 2.58. The molecule has 0 bridgehead atoms. The van der Waals surface area contributed by atoms with E-state index < -0.39 is 0 Å². The average molecular weight is 221 g/mol. The van der Waals surface area contributed by atoms with E-state index in [9.17, 15) is 4.39 Å². The Bertz CT molecular complexity index is 411. The number of hydrogen-bond donors (Lipinski definition) is 1. The molecule has 2 N–H and O–H groups in total. The van der Waals surface area contributed by atoms with Crippen molar-refractivity contribution in [3.8, 4) is 0 Å². The molecule has 1 unspecified atom stereocenters. The third-order valence-corrected chi connectivity index (χ3v) is 3.77. The molecule has 1 nitrogen and oxygen atoms in total. The van der Waals surface area contributed by atoms with E-state index in [1.165, 1.54) is 6.07 Å². The van der Waals surface area contributed by atoms with Gasteiger partial charge in [-0.1, -0.05) is 26.0 Å². The predicted molar refractivity (Wildman–Crippen MR) is 64.6 cm³/mol. The topological polar surface area (TPSA) is 26.0 Å².